The number of carboxylic acid groups (broad SMARTS) is 1. The molecule has 0 bridgehead atoms. The van der Waals surface area contributed by atoms with Crippen LogP contribution in [0.3, 0.4) is 0 Å². The number of amides is 1. The van der Waals surface area contributed by atoms with E-state index in [-0.39, 0.29) is 17.2 Å². The lowest BCUT2D eigenvalue weighted by atomic mass is 10.0. The second-order valence-electron chi connectivity index (χ2n) is 9.76. The van der Waals surface area contributed by atoms with Gasteiger partial charge in [-0.1, -0.05) is 50.8 Å². The molecule has 0 saturated carbocycles. The Hall–Kier alpha value is -4.57. The SMILES string of the molecule is C=C(C#N)/C(=C\C(=C/C)Cn1c(C)c(C)c2cc(C(=O)NCc3cccc(C(C)C)c3)ccc21)OCC(=O)O. The zero-order valence-electron chi connectivity index (χ0n) is 23.2. The molecule has 2 aromatic carbocycles. The Labute approximate surface area is 229 Å². The third-order valence-electron chi connectivity index (χ3n) is 6.78. The van der Waals surface area contributed by atoms with Crippen LogP contribution in [0.2, 0.25) is 0 Å². The molecule has 0 saturated heterocycles. The number of rotatable bonds is 11. The largest absolute Gasteiger partial charge is 0.481 e. The normalized spacial score (nSPS) is 11.9. The third kappa shape index (κ3) is 7.05. The molecule has 0 atom stereocenters. The summed E-state index contributed by atoms with van der Waals surface area (Å²) < 4.78 is 7.43. The number of hydrogen-bond donors (Lipinski definition) is 2. The number of carbonyl (C=O) groups excluding carboxylic acids is 1. The predicted octanol–water partition coefficient (Wildman–Crippen LogP) is 6.32. The molecule has 7 heteroatoms. The highest BCUT2D eigenvalue weighted by Gasteiger charge is 2.16. The Balaban J connectivity index is 1.85. The Morgan fingerprint density at radius 2 is 1.95 bits per heavy atom. The number of hydrogen-bond acceptors (Lipinski definition) is 4. The number of carbonyl (C=O) groups is 2. The number of nitrogens with zero attached hydrogens (tertiary/aromatic N) is 2. The zero-order valence-corrected chi connectivity index (χ0v) is 23.2. The van der Waals surface area contributed by atoms with Crippen molar-refractivity contribution < 1.29 is 19.4 Å². The fourth-order valence-electron chi connectivity index (χ4n) is 4.32. The third-order valence-corrected chi connectivity index (χ3v) is 6.78. The predicted molar refractivity (Wildman–Crippen MR) is 153 cm³/mol. The molecule has 7 nitrogen and oxygen atoms in total. The van der Waals surface area contributed by atoms with E-state index in [1.165, 1.54) is 5.56 Å². The lowest BCUT2D eigenvalue weighted by Gasteiger charge is -2.12. The van der Waals surface area contributed by atoms with Gasteiger partial charge in [0.15, 0.2) is 6.61 Å². The van der Waals surface area contributed by atoms with Crippen LogP contribution in [0.15, 0.2) is 78.1 Å². The van der Waals surface area contributed by atoms with Crippen molar-refractivity contribution >= 4 is 22.8 Å². The second kappa shape index (κ2) is 12.8. The number of fused-ring (bicyclic) bond motifs is 1. The summed E-state index contributed by atoms with van der Waals surface area (Å²) in [4.78, 5) is 24.0. The molecule has 0 spiro atoms. The van der Waals surface area contributed by atoms with Gasteiger partial charge < -0.3 is 19.7 Å². The number of aliphatic carboxylic acids is 1. The van der Waals surface area contributed by atoms with Gasteiger partial charge in [0.2, 0.25) is 0 Å². The first-order chi connectivity index (χ1) is 18.5. The molecule has 39 heavy (non-hydrogen) atoms. The van der Waals surface area contributed by atoms with Crippen LogP contribution in [0.4, 0.5) is 0 Å². The molecule has 0 fully saturated rings. The Morgan fingerprint density at radius 1 is 1.21 bits per heavy atom. The number of ether oxygens (including phenoxy) is 1. The van der Waals surface area contributed by atoms with Gasteiger partial charge in [0.05, 0.1) is 5.57 Å². The molecule has 0 aliphatic rings. The van der Waals surface area contributed by atoms with E-state index in [0.717, 1.165) is 33.3 Å². The summed E-state index contributed by atoms with van der Waals surface area (Å²) in [5.41, 5.74) is 6.81. The van der Waals surface area contributed by atoms with Crippen molar-refractivity contribution in [2.24, 2.45) is 0 Å². The van der Waals surface area contributed by atoms with Crippen molar-refractivity contribution in [1.82, 2.24) is 9.88 Å². The summed E-state index contributed by atoms with van der Waals surface area (Å²) in [5.74, 6) is -0.730. The minimum atomic E-state index is -1.14. The van der Waals surface area contributed by atoms with Gasteiger partial charge in [-0.15, -0.1) is 0 Å². The zero-order chi connectivity index (χ0) is 28.7. The molecule has 2 N–H and O–H groups in total. The van der Waals surface area contributed by atoms with E-state index in [1.54, 1.807) is 6.08 Å². The van der Waals surface area contributed by atoms with Crippen LogP contribution in [0.5, 0.6) is 0 Å². The monoisotopic (exact) mass is 525 g/mol. The smallest absolute Gasteiger partial charge is 0.341 e. The highest BCUT2D eigenvalue weighted by molar-refractivity contribution is 5.99. The van der Waals surface area contributed by atoms with Crippen molar-refractivity contribution in [3.05, 3.63) is 106 Å². The maximum absolute atomic E-state index is 13.0. The van der Waals surface area contributed by atoms with Crippen LogP contribution in [0, 0.1) is 25.2 Å². The van der Waals surface area contributed by atoms with E-state index in [0.29, 0.717) is 24.6 Å². The standard InChI is InChI=1S/C32H35N3O4/c1-7-24(14-30(21(4)16-33)39-19-31(36)37)18-35-23(6)22(5)28-15-27(11-12-29(28)35)32(38)34-17-25-9-8-10-26(13-25)20(2)3/h7-15,20H,4,17-19H2,1-3,5-6H3,(H,34,38)(H,36,37)/b24-7+,30-14+. The quantitative estimate of drug-likeness (QED) is 0.173. The summed E-state index contributed by atoms with van der Waals surface area (Å²) in [7, 11) is 0. The van der Waals surface area contributed by atoms with Gasteiger partial charge in [-0.3, -0.25) is 4.79 Å². The first-order valence-electron chi connectivity index (χ1n) is 12.8. The van der Waals surface area contributed by atoms with Crippen molar-refractivity contribution in [1.29, 1.82) is 5.26 Å². The lowest BCUT2D eigenvalue weighted by molar-refractivity contribution is -0.140. The van der Waals surface area contributed by atoms with Gasteiger partial charge in [-0.25, -0.2) is 4.79 Å². The minimum absolute atomic E-state index is 0.0486. The van der Waals surface area contributed by atoms with E-state index in [4.69, 9.17) is 9.84 Å². The van der Waals surface area contributed by atoms with Gasteiger partial charge in [-0.05, 0) is 73.2 Å². The van der Waals surface area contributed by atoms with Crippen LogP contribution in [-0.4, -0.2) is 28.2 Å². The molecule has 3 aromatic rings. The molecule has 1 aromatic heterocycles. The van der Waals surface area contributed by atoms with Gasteiger partial charge in [0, 0.05) is 35.2 Å². The fourth-order valence-corrected chi connectivity index (χ4v) is 4.32. The highest BCUT2D eigenvalue weighted by atomic mass is 16.5. The molecule has 0 unspecified atom stereocenters. The number of aryl methyl sites for hydroxylation is 1. The summed E-state index contributed by atoms with van der Waals surface area (Å²) in [5, 5.41) is 22.2. The maximum Gasteiger partial charge on any atom is 0.341 e. The highest BCUT2D eigenvalue weighted by Crippen LogP contribution is 2.28. The Bertz CT molecular complexity index is 1520. The van der Waals surface area contributed by atoms with Crippen molar-refractivity contribution in [2.45, 2.75) is 53.6 Å². The summed E-state index contributed by atoms with van der Waals surface area (Å²) >= 11 is 0. The molecular formula is C32H35N3O4. The number of nitrogens with one attached hydrogen (secondary N) is 1. The molecule has 1 heterocycles. The van der Waals surface area contributed by atoms with E-state index in [9.17, 15) is 14.9 Å². The Kier molecular flexibility index (Phi) is 9.51. The van der Waals surface area contributed by atoms with Crippen LogP contribution in [0.25, 0.3) is 10.9 Å². The van der Waals surface area contributed by atoms with Gasteiger partial charge >= 0.3 is 5.97 Å². The van der Waals surface area contributed by atoms with Crippen molar-refractivity contribution in [3.63, 3.8) is 0 Å². The van der Waals surface area contributed by atoms with E-state index in [1.807, 2.05) is 63.2 Å². The van der Waals surface area contributed by atoms with Crippen molar-refractivity contribution in [3.8, 4) is 6.07 Å². The molecule has 0 radical (unpaired) electrons. The number of nitriles is 1. The number of carboxylic acids is 1. The first-order valence-corrected chi connectivity index (χ1v) is 12.8. The van der Waals surface area contributed by atoms with Crippen molar-refractivity contribution in [2.75, 3.05) is 6.61 Å². The molecule has 3 rings (SSSR count). The van der Waals surface area contributed by atoms with Crippen LogP contribution in [0.1, 0.15) is 59.4 Å². The molecule has 202 valence electrons. The summed E-state index contributed by atoms with van der Waals surface area (Å²) in [6, 6.07) is 15.8. The van der Waals surface area contributed by atoms with Crippen LogP contribution < -0.4 is 5.32 Å². The van der Waals surface area contributed by atoms with E-state index >= 15 is 0 Å². The van der Waals surface area contributed by atoms with Crippen LogP contribution >= 0.6 is 0 Å². The lowest BCUT2D eigenvalue weighted by Crippen LogP contribution is -2.22. The van der Waals surface area contributed by atoms with Gasteiger partial charge in [0.25, 0.3) is 5.91 Å². The first kappa shape index (κ1) is 29.0. The average Bonchev–Trinajstić information content (AvgIpc) is 3.16. The number of benzene rings is 2. The fraction of sp³-hybridized carbons (Fsp3) is 0.281. The maximum atomic E-state index is 13.0. The number of aromatic nitrogens is 1. The van der Waals surface area contributed by atoms with E-state index in [2.05, 4.69) is 42.4 Å². The summed E-state index contributed by atoms with van der Waals surface area (Å²) in [6.07, 6.45) is 3.52. The minimum Gasteiger partial charge on any atom is -0.481 e. The second-order valence-corrected chi connectivity index (χ2v) is 9.76. The summed E-state index contributed by atoms with van der Waals surface area (Å²) in [6.45, 7) is 14.2. The molecule has 1 amide bonds. The topological polar surface area (TPSA) is 104 Å². The van der Waals surface area contributed by atoms with Crippen LogP contribution in [-0.2, 0) is 22.6 Å². The Morgan fingerprint density at radius 3 is 2.59 bits per heavy atom. The molecule has 0 aliphatic heterocycles. The van der Waals surface area contributed by atoms with Gasteiger partial charge in [-0.2, -0.15) is 5.26 Å². The van der Waals surface area contributed by atoms with Gasteiger partial charge in [0.1, 0.15) is 11.8 Å². The van der Waals surface area contributed by atoms with E-state index < -0.39 is 12.6 Å². The average molecular weight is 526 g/mol. The molecule has 0 aliphatic carbocycles. The number of allylic oxidation sites excluding steroid dienone is 4. The molecular weight excluding hydrogens is 490 g/mol.